The summed E-state index contributed by atoms with van der Waals surface area (Å²) in [5.74, 6) is 5.31. The van der Waals surface area contributed by atoms with Gasteiger partial charge in [-0.15, -0.1) is 11.3 Å². The maximum absolute atomic E-state index is 13.0. The number of halogens is 1. The lowest BCUT2D eigenvalue weighted by Crippen LogP contribution is -2.27. The number of urea groups is 1. The highest BCUT2D eigenvalue weighted by Gasteiger charge is 2.04. The van der Waals surface area contributed by atoms with Crippen molar-refractivity contribution in [1.29, 1.82) is 0 Å². The Bertz CT molecular complexity index is 687. The van der Waals surface area contributed by atoms with Gasteiger partial charge in [0.15, 0.2) is 0 Å². The third-order valence-corrected chi connectivity index (χ3v) is 3.48. The number of carbonyl (C=O) groups is 1. The molecular formula is C15H14FN3OS. The Kier molecular flexibility index (Phi) is 5.32. The second-order valence-corrected chi connectivity index (χ2v) is 5.26. The summed E-state index contributed by atoms with van der Waals surface area (Å²) in [5, 5.41) is 5.27. The Labute approximate surface area is 126 Å². The number of carbonyl (C=O) groups excluding carboxylic acids is 1. The van der Waals surface area contributed by atoms with E-state index in [0.29, 0.717) is 18.8 Å². The van der Waals surface area contributed by atoms with Gasteiger partial charge in [0.25, 0.3) is 0 Å². The first kappa shape index (κ1) is 15.0. The van der Waals surface area contributed by atoms with Crippen molar-refractivity contribution in [2.45, 2.75) is 6.54 Å². The molecule has 108 valence electrons. The van der Waals surface area contributed by atoms with Gasteiger partial charge in [-0.3, -0.25) is 0 Å². The summed E-state index contributed by atoms with van der Waals surface area (Å²) in [4.78, 5) is 13.6. The largest absolute Gasteiger partial charge is 0.333 e. The minimum atomic E-state index is -0.394. The lowest BCUT2D eigenvalue weighted by Gasteiger charge is -2.06. The van der Waals surface area contributed by atoms with Gasteiger partial charge in [0.2, 0.25) is 0 Å². The van der Waals surface area contributed by atoms with Crippen molar-refractivity contribution in [2.24, 2.45) is 5.73 Å². The highest BCUT2D eigenvalue weighted by molar-refractivity contribution is 7.12. The highest BCUT2D eigenvalue weighted by Crippen LogP contribution is 2.15. The summed E-state index contributed by atoms with van der Waals surface area (Å²) in [7, 11) is 0. The van der Waals surface area contributed by atoms with Crippen molar-refractivity contribution in [1.82, 2.24) is 5.32 Å². The quantitative estimate of drug-likeness (QED) is 0.763. The Hall–Kier alpha value is -2.36. The molecule has 0 radical (unpaired) electrons. The molecule has 4 nitrogen and oxygen atoms in total. The molecule has 0 spiro atoms. The molecule has 0 fully saturated rings. The van der Waals surface area contributed by atoms with E-state index in [2.05, 4.69) is 22.5 Å². The molecule has 2 rings (SSSR count). The van der Waals surface area contributed by atoms with Gasteiger partial charge >= 0.3 is 6.03 Å². The van der Waals surface area contributed by atoms with E-state index in [1.165, 1.54) is 29.5 Å². The number of thiophene rings is 1. The summed E-state index contributed by atoms with van der Waals surface area (Å²) < 4.78 is 13.0. The summed E-state index contributed by atoms with van der Waals surface area (Å²) in [6.07, 6.45) is 0. The van der Waals surface area contributed by atoms with Crippen molar-refractivity contribution in [2.75, 3.05) is 11.9 Å². The molecule has 0 bridgehead atoms. The monoisotopic (exact) mass is 303 g/mol. The van der Waals surface area contributed by atoms with Crippen LogP contribution in [0.2, 0.25) is 0 Å². The van der Waals surface area contributed by atoms with Gasteiger partial charge in [0, 0.05) is 10.6 Å². The van der Waals surface area contributed by atoms with Gasteiger partial charge < -0.3 is 16.4 Å². The maximum atomic E-state index is 13.0. The SMILES string of the molecule is NCC#Cc1ccc(CNC(=O)Nc2cccc(F)c2)s1. The Morgan fingerprint density at radius 3 is 2.95 bits per heavy atom. The number of hydrogen-bond acceptors (Lipinski definition) is 3. The van der Waals surface area contributed by atoms with Crippen LogP contribution < -0.4 is 16.4 Å². The van der Waals surface area contributed by atoms with Crippen molar-refractivity contribution >= 4 is 23.1 Å². The van der Waals surface area contributed by atoms with Gasteiger partial charge in [0.05, 0.1) is 18.0 Å². The number of nitrogens with two attached hydrogens (primary N) is 1. The summed E-state index contributed by atoms with van der Waals surface area (Å²) in [6.45, 7) is 0.706. The van der Waals surface area contributed by atoms with Crippen LogP contribution in [0.15, 0.2) is 36.4 Å². The van der Waals surface area contributed by atoms with E-state index in [9.17, 15) is 9.18 Å². The lowest BCUT2D eigenvalue weighted by molar-refractivity contribution is 0.252. The number of benzene rings is 1. The molecule has 2 aromatic rings. The molecule has 0 aliphatic carbocycles. The zero-order chi connectivity index (χ0) is 15.1. The van der Waals surface area contributed by atoms with Gasteiger partial charge in [-0.2, -0.15) is 0 Å². The third-order valence-electron chi connectivity index (χ3n) is 2.48. The highest BCUT2D eigenvalue weighted by atomic mass is 32.1. The van der Waals surface area contributed by atoms with Crippen LogP contribution in [0.25, 0.3) is 0 Å². The lowest BCUT2D eigenvalue weighted by atomic mass is 10.3. The molecule has 0 aliphatic rings. The summed E-state index contributed by atoms with van der Waals surface area (Å²) >= 11 is 1.49. The van der Waals surface area contributed by atoms with Gasteiger partial charge in [-0.1, -0.05) is 17.9 Å². The second kappa shape index (κ2) is 7.43. The first-order valence-electron chi connectivity index (χ1n) is 6.25. The molecule has 21 heavy (non-hydrogen) atoms. The van der Waals surface area contributed by atoms with Gasteiger partial charge in [-0.05, 0) is 30.3 Å². The second-order valence-electron chi connectivity index (χ2n) is 4.09. The molecular weight excluding hydrogens is 289 g/mol. The fourth-order valence-electron chi connectivity index (χ4n) is 1.59. The molecule has 1 aromatic carbocycles. The normalized spacial score (nSPS) is 9.62. The molecule has 1 aromatic heterocycles. The smallest absolute Gasteiger partial charge is 0.319 e. The molecule has 0 saturated carbocycles. The minimum absolute atomic E-state index is 0.321. The van der Waals surface area contributed by atoms with E-state index < -0.39 is 5.82 Å². The zero-order valence-electron chi connectivity index (χ0n) is 11.2. The molecule has 0 atom stereocenters. The molecule has 0 unspecified atom stereocenters. The molecule has 4 N–H and O–H groups in total. The third kappa shape index (κ3) is 4.91. The van der Waals surface area contributed by atoms with E-state index >= 15 is 0 Å². The number of nitrogens with one attached hydrogen (secondary N) is 2. The number of anilines is 1. The molecule has 6 heteroatoms. The van der Waals surface area contributed by atoms with Crippen molar-refractivity contribution in [3.05, 3.63) is 52.0 Å². The van der Waals surface area contributed by atoms with Crippen LogP contribution in [0.1, 0.15) is 9.75 Å². The zero-order valence-corrected chi connectivity index (χ0v) is 12.0. The van der Waals surface area contributed by atoms with Crippen molar-refractivity contribution in [3.63, 3.8) is 0 Å². The first-order valence-corrected chi connectivity index (χ1v) is 7.07. The van der Waals surface area contributed by atoms with Gasteiger partial charge in [-0.25, -0.2) is 9.18 Å². The first-order chi connectivity index (χ1) is 10.2. The standard InChI is InChI=1S/C15H14FN3OS/c16-11-3-1-4-12(9-11)19-15(20)18-10-14-7-6-13(21-14)5-2-8-17/h1,3-4,6-7,9H,8,10,17H2,(H2,18,19,20). The van der Waals surface area contributed by atoms with Crippen molar-refractivity contribution in [3.8, 4) is 11.8 Å². The Balaban J connectivity index is 1.85. The van der Waals surface area contributed by atoms with Crippen LogP contribution in [0, 0.1) is 17.7 Å². The Morgan fingerprint density at radius 1 is 1.33 bits per heavy atom. The predicted molar refractivity (Wildman–Crippen MR) is 82.5 cm³/mol. The van der Waals surface area contributed by atoms with E-state index in [-0.39, 0.29) is 6.03 Å². The van der Waals surface area contributed by atoms with E-state index in [4.69, 9.17) is 5.73 Å². The average molecular weight is 303 g/mol. The topological polar surface area (TPSA) is 67.1 Å². The fraction of sp³-hybridized carbons (Fsp3) is 0.133. The van der Waals surface area contributed by atoms with Crippen LogP contribution in [-0.4, -0.2) is 12.6 Å². The number of rotatable bonds is 3. The van der Waals surface area contributed by atoms with Crippen molar-refractivity contribution < 1.29 is 9.18 Å². The average Bonchev–Trinajstić information content (AvgIpc) is 2.91. The predicted octanol–water partition coefficient (Wildman–Crippen LogP) is 2.52. The van der Waals surface area contributed by atoms with Crippen LogP contribution in [0.3, 0.4) is 0 Å². The number of hydrogen-bond donors (Lipinski definition) is 3. The molecule has 2 amide bonds. The van der Waals surface area contributed by atoms with E-state index in [1.54, 1.807) is 6.07 Å². The van der Waals surface area contributed by atoms with Crippen LogP contribution in [0.4, 0.5) is 14.9 Å². The van der Waals surface area contributed by atoms with Crippen LogP contribution in [0.5, 0.6) is 0 Å². The Morgan fingerprint density at radius 2 is 2.19 bits per heavy atom. The van der Waals surface area contributed by atoms with Crippen LogP contribution >= 0.6 is 11.3 Å². The molecule has 0 aliphatic heterocycles. The van der Waals surface area contributed by atoms with E-state index in [1.807, 2.05) is 12.1 Å². The summed E-state index contributed by atoms with van der Waals surface area (Å²) in [5.41, 5.74) is 5.71. The fourth-order valence-corrected chi connectivity index (χ4v) is 2.41. The van der Waals surface area contributed by atoms with Crippen LogP contribution in [-0.2, 0) is 6.54 Å². The van der Waals surface area contributed by atoms with E-state index in [0.717, 1.165) is 9.75 Å². The minimum Gasteiger partial charge on any atom is -0.333 e. The molecule has 0 saturated heterocycles. The number of amides is 2. The molecule has 1 heterocycles. The summed E-state index contributed by atoms with van der Waals surface area (Å²) in [6, 6.07) is 9.12. The maximum Gasteiger partial charge on any atom is 0.319 e. The van der Waals surface area contributed by atoms with Gasteiger partial charge in [0.1, 0.15) is 5.82 Å².